The van der Waals surface area contributed by atoms with Gasteiger partial charge in [0.1, 0.15) is 0 Å². The summed E-state index contributed by atoms with van der Waals surface area (Å²) >= 11 is 0. The molecule has 134 valence electrons. The molecule has 3 aromatic rings. The molecule has 1 saturated heterocycles. The van der Waals surface area contributed by atoms with E-state index in [1.165, 1.54) is 5.56 Å². The predicted octanol–water partition coefficient (Wildman–Crippen LogP) is 2.59. The van der Waals surface area contributed by atoms with Gasteiger partial charge in [0.05, 0.1) is 11.9 Å². The Kier molecular flexibility index (Phi) is 4.67. The van der Waals surface area contributed by atoms with Crippen LogP contribution >= 0.6 is 0 Å². The van der Waals surface area contributed by atoms with Crippen LogP contribution in [0.3, 0.4) is 0 Å². The standard InChI is InChI=1S/C20H24N6/c1-16-13-25(14-17-6-4-3-5-7-17)10-11-26(16)20-9-8-19(22-23-20)18-12-21-24(2)15-18/h3-9,12,15-16H,10-11,13-14H2,1-2H3/t16-/m1/s1. The van der Waals surface area contributed by atoms with Crippen molar-refractivity contribution in [2.75, 3.05) is 24.5 Å². The van der Waals surface area contributed by atoms with Gasteiger partial charge in [-0.05, 0) is 24.6 Å². The number of hydrogen-bond acceptors (Lipinski definition) is 5. The van der Waals surface area contributed by atoms with E-state index in [2.05, 4.69) is 68.4 Å². The lowest BCUT2D eigenvalue weighted by Crippen LogP contribution is -2.51. The Morgan fingerprint density at radius 1 is 1.04 bits per heavy atom. The minimum absolute atomic E-state index is 0.408. The van der Waals surface area contributed by atoms with Crippen LogP contribution in [0, 0.1) is 0 Å². The lowest BCUT2D eigenvalue weighted by Gasteiger charge is -2.40. The van der Waals surface area contributed by atoms with Crippen LogP contribution in [-0.4, -0.2) is 50.6 Å². The van der Waals surface area contributed by atoms with Crippen LogP contribution in [0.2, 0.25) is 0 Å². The molecule has 0 radical (unpaired) electrons. The Morgan fingerprint density at radius 2 is 1.88 bits per heavy atom. The van der Waals surface area contributed by atoms with Crippen LogP contribution in [-0.2, 0) is 13.6 Å². The number of piperazine rings is 1. The van der Waals surface area contributed by atoms with Gasteiger partial charge >= 0.3 is 0 Å². The van der Waals surface area contributed by atoms with Gasteiger partial charge in [-0.1, -0.05) is 30.3 Å². The Hall–Kier alpha value is -2.73. The van der Waals surface area contributed by atoms with E-state index in [0.717, 1.165) is 43.3 Å². The zero-order valence-electron chi connectivity index (χ0n) is 15.3. The number of hydrogen-bond donors (Lipinski definition) is 0. The molecule has 0 bridgehead atoms. The molecule has 1 aromatic carbocycles. The minimum Gasteiger partial charge on any atom is -0.350 e. The van der Waals surface area contributed by atoms with Gasteiger partial charge in [0.2, 0.25) is 0 Å². The second kappa shape index (κ2) is 7.25. The Morgan fingerprint density at radius 3 is 2.54 bits per heavy atom. The van der Waals surface area contributed by atoms with E-state index in [9.17, 15) is 0 Å². The van der Waals surface area contributed by atoms with E-state index in [-0.39, 0.29) is 0 Å². The van der Waals surface area contributed by atoms with E-state index < -0.39 is 0 Å². The first-order chi connectivity index (χ1) is 12.7. The van der Waals surface area contributed by atoms with Crippen molar-refractivity contribution in [1.29, 1.82) is 0 Å². The Labute approximate surface area is 154 Å². The summed E-state index contributed by atoms with van der Waals surface area (Å²) in [6, 6.07) is 15.2. The van der Waals surface area contributed by atoms with Gasteiger partial charge in [-0.25, -0.2) is 0 Å². The van der Waals surface area contributed by atoms with Crippen molar-refractivity contribution in [2.45, 2.75) is 19.5 Å². The number of rotatable bonds is 4. The zero-order chi connectivity index (χ0) is 17.9. The van der Waals surface area contributed by atoms with Crippen LogP contribution in [0.25, 0.3) is 11.3 Å². The maximum atomic E-state index is 4.47. The van der Waals surface area contributed by atoms with Crippen LogP contribution in [0.4, 0.5) is 5.82 Å². The smallest absolute Gasteiger partial charge is 0.151 e. The molecule has 0 N–H and O–H groups in total. The highest BCUT2D eigenvalue weighted by atomic mass is 15.3. The predicted molar refractivity (Wildman–Crippen MR) is 103 cm³/mol. The third-order valence-corrected chi connectivity index (χ3v) is 4.91. The summed E-state index contributed by atoms with van der Waals surface area (Å²) in [6.45, 7) is 6.29. The van der Waals surface area contributed by atoms with Crippen LogP contribution in [0.15, 0.2) is 54.9 Å². The van der Waals surface area contributed by atoms with E-state index >= 15 is 0 Å². The van der Waals surface area contributed by atoms with E-state index in [0.29, 0.717) is 6.04 Å². The van der Waals surface area contributed by atoms with Gasteiger partial charge in [0, 0.05) is 51.0 Å². The van der Waals surface area contributed by atoms with E-state index in [4.69, 9.17) is 0 Å². The molecular weight excluding hydrogens is 324 g/mol. The van der Waals surface area contributed by atoms with Crippen LogP contribution < -0.4 is 4.90 Å². The average Bonchev–Trinajstić information content (AvgIpc) is 3.09. The number of anilines is 1. The third-order valence-electron chi connectivity index (χ3n) is 4.91. The van der Waals surface area contributed by atoms with Gasteiger partial charge in [0.15, 0.2) is 5.82 Å². The summed E-state index contributed by atoms with van der Waals surface area (Å²) in [5.74, 6) is 0.949. The van der Waals surface area contributed by atoms with Crippen LogP contribution in [0.5, 0.6) is 0 Å². The Bertz CT molecular complexity index is 842. The summed E-state index contributed by atoms with van der Waals surface area (Å²) in [7, 11) is 1.90. The van der Waals surface area contributed by atoms with Gasteiger partial charge in [-0.3, -0.25) is 9.58 Å². The molecule has 2 aromatic heterocycles. The van der Waals surface area contributed by atoms with Gasteiger partial charge in [-0.15, -0.1) is 10.2 Å². The first-order valence-corrected chi connectivity index (χ1v) is 9.05. The fourth-order valence-corrected chi connectivity index (χ4v) is 3.54. The molecule has 1 atom stereocenters. The van der Waals surface area contributed by atoms with Crippen molar-refractivity contribution in [3.63, 3.8) is 0 Å². The molecule has 0 aliphatic carbocycles. The molecule has 26 heavy (non-hydrogen) atoms. The molecule has 0 saturated carbocycles. The molecule has 6 heteroatoms. The molecule has 0 unspecified atom stereocenters. The molecule has 4 rings (SSSR count). The molecule has 3 heterocycles. The zero-order valence-corrected chi connectivity index (χ0v) is 15.3. The molecule has 0 amide bonds. The highest BCUT2D eigenvalue weighted by Gasteiger charge is 2.25. The van der Waals surface area contributed by atoms with Gasteiger partial charge in [-0.2, -0.15) is 5.10 Å². The minimum atomic E-state index is 0.408. The molecular formula is C20H24N6. The summed E-state index contributed by atoms with van der Waals surface area (Å²) in [4.78, 5) is 4.86. The summed E-state index contributed by atoms with van der Waals surface area (Å²) in [5, 5.41) is 13.1. The number of nitrogens with zero attached hydrogens (tertiary/aromatic N) is 6. The first-order valence-electron chi connectivity index (χ1n) is 9.05. The maximum absolute atomic E-state index is 4.47. The van der Waals surface area contributed by atoms with E-state index in [1.807, 2.05) is 25.5 Å². The van der Waals surface area contributed by atoms with Crippen molar-refractivity contribution in [3.8, 4) is 11.3 Å². The lowest BCUT2D eigenvalue weighted by atomic mass is 10.1. The van der Waals surface area contributed by atoms with Gasteiger partial charge < -0.3 is 4.90 Å². The van der Waals surface area contributed by atoms with Crippen molar-refractivity contribution in [1.82, 2.24) is 24.9 Å². The van der Waals surface area contributed by atoms with E-state index in [1.54, 1.807) is 4.68 Å². The van der Waals surface area contributed by atoms with Crippen LogP contribution in [0.1, 0.15) is 12.5 Å². The second-order valence-corrected chi connectivity index (χ2v) is 6.94. The maximum Gasteiger partial charge on any atom is 0.151 e. The van der Waals surface area contributed by atoms with Crippen molar-refractivity contribution in [3.05, 3.63) is 60.4 Å². The van der Waals surface area contributed by atoms with Crippen molar-refractivity contribution >= 4 is 5.82 Å². The number of aromatic nitrogens is 4. The fraction of sp³-hybridized carbons (Fsp3) is 0.350. The SMILES string of the molecule is C[C@@H]1CN(Cc2ccccc2)CCN1c1ccc(-c2cnn(C)c2)nn1. The summed E-state index contributed by atoms with van der Waals surface area (Å²) in [5.41, 5.74) is 3.22. The monoisotopic (exact) mass is 348 g/mol. The Balaban J connectivity index is 1.41. The van der Waals surface area contributed by atoms with Crippen molar-refractivity contribution in [2.24, 2.45) is 7.05 Å². The molecule has 0 spiro atoms. The first kappa shape index (κ1) is 16.7. The lowest BCUT2D eigenvalue weighted by molar-refractivity contribution is 0.220. The molecule has 1 aliphatic rings. The van der Waals surface area contributed by atoms with Crippen molar-refractivity contribution < 1.29 is 0 Å². The average molecular weight is 348 g/mol. The molecule has 6 nitrogen and oxygen atoms in total. The number of benzene rings is 1. The molecule has 1 fully saturated rings. The fourth-order valence-electron chi connectivity index (χ4n) is 3.54. The quantitative estimate of drug-likeness (QED) is 0.725. The number of aryl methyl sites for hydroxylation is 1. The third kappa shape index (κ3) is 3.60. The second-order valence-electron chi connectivity index (χ2n) is 6.94. The largest absolute Gasteiger partial charge is 0.350 e. The summed E-state index contributed by atoms with van der Waals surface area (Å²) in [6.07, 6.45) is 3.77. The summed E-state index contributed by atoms with van der Waals surface area (Å²) < 4.78 is 1.78. The van der Waals surface area contributed by atoms with Gasteiger partial charge in [0.25, 0.3) is 0 Å². The normalized spacial score (nSPS) is 18.2. The topological polar surface area (TPSA) is 50.1 Å². The highest BCUT2D eigenvalue weighted by molar-refractivity contribution is 5.57. The molecule has 1 aliphatic heterocycles. The highest BCUT2D eigenvalue weighted by Crippen LogP contribution is 2.21.